The van der Waals surface area contributed by atoms with E-state index in [1.165, 1.54) is 57.8 Å². The first kappa shape index (κ1) is 24.1. The van der Waals surface area contributed by atoms with Gasteiger partial charge in [0, 0.05) is 0 Å². The van der Waals surface area contributed by atoms with Crippen LogP contribution < -0.4 is 5.32 Å². The van der Waals surface area contributed by atoms with E-state index < -0.39 is 10.4 Å². The van der Waals surface area contributed by atoms with Gasteiger partial charge in [-0.1, -0.05) is 77.6 Å². The lowest BCUT2D eigenvalue weighted by molar-refractivity contribution is 0.261. The Hall–Kier alpha value is -0.170. The summed E-state index contributed by atoms with van der Waals surface area (Å²) in [5, 5.41) is 2.75. The quantitative estimate of drug-likeness (QED) is 0.363. The Morgan fingerprint density at radius 3 is 1.41 bits per heavy atom. The van der Waals surface area contributed by atoms with Crippen molar-refractivity contribution in [3.05, 3.63) is 0 Å². The molecule has 5 nitrogen and oxygen atoms in total. The molecule has 0 aliphatic heterocycles. The SMILES string of the molecule is CCCCCCCCCCCCCCOS(=O)(=O)O.CNC. The van der Waals surface area contributed by atoms with E-state index in [-0.39, 0.29) is 6.61 Å². The maximum atomic E-state index is 10.3. The van der Waals surface area contributed by atoms with E-state index in [2.05, 4.69) is 16.4 Å². The highest BCUT2D eigenvalue weighted by molar-refractivity contribution is 7.80. The van der Waals surface area contributed by atoms with Gasteiger partial charge in [0.25, 0.3) is 0 Å². The molecule has 0 radical (unpaired) electrons. The fraction of sp³-hybridized carbons (Fsp3) is 1.00. The first-order valence-corrected chi connectivity index (χ1v) is 10.0. The van der Waals surface area contributed by atoms with Gasteiger partial charge in [-0.25, -0.2) is 4.18 Å². The molecule has 0 fully saturated rings. The van der Waals surface area contributed by atoms with E-state index in [1.807, 2.05) is 14.1 Å². The molecular formula is C16H37NO4S. The first-order valence-electron chi connectivity index (χ1n) is 8.68. The summed E-state index contributed by atoms with van der Waals surface area (Å²) in [5.41, 5.74) is 0. The van der Waals surface area contributed by atoms with Crippen LogP contribution in [-0.2, 0) is 14.6 Å². The number of rotatable bonds is 14. The van der Waals surface area contributed by atoms with Gasteiger partial charge in [0.1, 0.15) is 0 Å². The van der Waals surface area contributed by atoms with Crippen LogP contribution in [-0.4, -0.2) is 33.7 Å². The van der Waals surface area contributed by atoms with E-state index in [4.69, 9.17) is 4.55 Å². The van der Waals surface area contributed by atoms with Gasteiger partial charge in [0.15, 0.2) is 0 Å². The molecule has 2 N–H and O–H groups in total. The first-order chi connectivity index (χ1) is 10.5. The minimum atomic E-state index is -4.24. The summed E-state index contributed by atoms with van der Waals surface area (Å²) in [6.45, 7) is 2.33. The third-order valence-electron chi connectivity index (χ3n) is 3.23. The van der Waals surface area contributed by atoms with Crippen LogP contribution in [0, 0.1) is 0 Å². The van der Waals surface area contributed by atoms with Gasteiger partial charge in [0.05, 0.1) is 6.61 Å². The van der Waals surface area contributed by atoms with Gasteiger partial charge in [0.2, 0.25) is 0 Å². The fourth-order valence-corrected chi connectivity index (χ4v) is 2.44. The van der Waals surface area contributed by atoms with Crippen LogP contribution in [0.25, 0.3) is 0 Å². The Morgan fingerprint density at radius 1 is 0.773 bits per heavy atom. The number of hydrogen-bond donors (Lipinski definition) is 2. The molecule has 0 spiro atoms. The average Bonchev–Trinajstić information content (AvgIpc) is 2.43. The third kappa shape index (κ3) is 28.1. The molecular weight excluding hydrogens is 302 g/mol. The summed E-state index contributed by atoms with van der Waals surface area (Å²) in [4.78, 5) is 0. The number of nitrogens with one attached hydrogen (secondary N) is 1. The van der Waals surface area contributed by atoms with Gasteiger partial charge >= 0.3 is 10.4 Å². The lowest BCUT2D eigenvalue weighted by Gasteiger charge is -2.02. The van der Waals surface area contributed by atoms with Gasteiger partial charge in [-0.15, -0.1) is 0 Å². The molecule has 0 rings (SSSR count). The van der Waals surface area contributed by atoms with Crippen molar-refractivity contribution in [2.24, 2.45) is 0 Å². The Morgan fingerprint density at radius 2 is 1.09 bits per heavy atom. The third-order valence-corrected chi connectivity index (χ3v) is 3.69. The van der Waals surface area contributed by atoms with Crippen molar-refractivity contribution >= 4 is 10.4 Å². The highest BCUT2D eigenvalue weighted by atomic mass is 32.3. The molecule has 0 heterocycles. The summed E-state index contributed by atoms with van der Waals surface area (Å²) >= 11 is 0. The van der Waals surface area contributed by atoms with Crippen LogP contribution in [0.1, 0.15) is 84.0 Å². The van der Waals surface area contributed by atoms with Crippen molar-refractivity contribution in [2.45, 2.75) is 84.0 Å². The van der Waals surface area contributed by atoms with Crippen LogP contribution in [0.3, 0.4) is 0 Å². The smallest absolute Gasteiger partial charge is 0.323 e. The Kier molecular flexibility index (Phi) is 20.7. The topological polar surface area (TPSA) is 75.6 Å². The van der Waals surface area contributed by atoms with Crippen LogP contribution in [0.4, 0.5) is 0 Å². The van der Waals surface area contributed by atoms with Crippen LogP contribution in [0.2, 0.25) is 0 Å². The normalized spacial score (nSPS) is 11.1. The fourth-order valence-electron chi connectivity index (χ4n) is 2.11. The van der Waals surface area contributed by atoms with Crippen LogP contribution >= 0.6 is 0 Å². The molecule has 0 aliphatic rings. The number of unbranched alkanes of at least 4 members (excludes halogenated alkanes) is 11. The standard InChI is InChI=1S/C14H30O4S.C2H7N/c1-2-3-4-5-6-7-8-9-10-11-12-13-14-18-19(15,16)17;1-3-2/h2-14H2,1H3,(H,15,16,17);3H,1-2H3. The van der Waals surface area contributed by atoms with Crippen molar-refractivity contribution < 1.29 is 17.2 Å². The second kappa shape index (κ2) is 18.9. The van der Waals surface area contributed by atoms with Crippen molar-refractivity contribution in [3.63, 3.8) is 0 Å². The Balaban J connectivity index is 0. The Labute approximate surface area is 138 Å². The monoisotopic (exact) mass is 339 g/mol. The van der Waals surface area contributed by atoms with Crippen molar-refractivity contribution in [1.82, 2.24) is 5.32 Å². The lowest BCUT2D eigenvalue weighted by Crippen LogP contribution is -2.04. The van der Waals surface area contributed by atoms with Crippen molar-refractivity contribution in [2.75, 3.05) is 20.7 Å². The maximum Gasteiger partial charge on any atom is 0.397 e. The van der Waals surface area contributed by atoms with E-state index in [1.54, 1.807) is 0 Å². The largest absolute Gasteiger partial charge is 0.397 e. The zero-order valence-corrected chi connectivity index (χ0v) is 15.6. The molecule has 0 aliphatic carbocycles. The van der Waals surface area contributed by atoms with Crippen molar-refractivity contribution in [3.8, 4) is 0 Å². The minimum absolute atomic E-state index is 0.0935. The predicted molar refractivity (Wildman–Crippen MR) is 93.6 cm³/mol. The average molecular weight is 340 g/mol. The lowest BCUT2D eigenvalue weighted by atomic mass is 10.1. The molecule has 0 bridgehead atoms. The molecule has 0 aromatic rings. The molecule has 0 atom stereocenters. The summed E-state index contributed by atoms with van der Waals surface area (Å²) in [5.74, 6) is 0. The molecule has 22 heavy (non-hydrogen) atoms. The second-order valence-corrected chi connectivity index (χ2v) is 6.73. The molecule has 0 unspecified atom stereocenters. The van der Waals surface area contributed by atoms with Gasteiger partial charge in [-0.05, 0) is 20.5 Å². The highest BCUT2D eigenvalue weighted by Gasteiger charge is 2.02. The molecule has 0 amide bonds. The predicted octanol–water partition coefficient (Wildman–Crippen LogP) is 4.34. The van der Waals surface area contributed by atoms with E-state index in [9.17, 15) is 8.42 Å². The summed E-state index contributed by atoms with van der Waals surface area (Å²) < 4.78 is 33.1. The molecule has 6 heteroatoms. The van der Waals surface area contributed by atoms with E-state index in [0.29, 0.717) is 6.42 Å². The van der Waals surface area contributed by atoms with Gasteiger partial charge in [-0.2, -0.15) is 8.42 Å². The zero-order chi connectivity index (χ0) is 17.1. The maximum absolute atomic E-state index is 10.3. The van der Waals surface area contributed by atoms with Crippen LogP contribution in [0.15, 0.2) is 0 Å². The summed E-state index contributed by atoms with van der Waals surface area (Å²) in [6, 6.07) is 0. The molecule has 0 saturated heterocycles. The summed E-state index contributed by atoms with van der Waals surface area (Å²) in [7, 11) is -0.489. The van der Waals surface area contributed by atoms with E-state index in [0.717, 1.165) is 12.8 Å². The molecule has 136 valence electrons. The molecule has 0 aromatic carbocycles. The van der Waals surface area contributed by atoms with Crippen LogP contribution in [0.5, 0.6) is 0 Å². The Bertz CT molecular complexity index is 295. The second-order valence-electron chi connectivity index (χ2n) is 5.64. The number of hydrogen-bond acceptors (Lipinski definition) is 4. The zero-order valence-electron chi connectivity index (χ0n) is 14.8. The summed E-state index contributed by atoms with van der Waals surface area (Å²) in [6.07, 6.45) is 14.7. The minimum Gasteiger partial charge on any atom is -0.323 e. The van der Waals surface area contributed by atoms with Gasteiger partial charge < -0.3 is 5.32 Å². The molecule has 0 aromatic heterocycles. The highest BCUT2D eigenvalue weighted by Crippen LogP contribution is 2.11. The molecule has 0 saturated carbocycles. The van der Waals surface area contributed by atoms with Crippen molar-refractivity contribution in [1.29, 1.82) is 0 Å². The van der Waals surface area contributed by atoms with E-state index >= 15 is 0 Å². The van der Waals surface area contributed by atoms with Gasteiger partial charge in [-0.3, -0.25) is 4.55 Å².